The number of ether oxygens (including phenoxy) is 2. The molecule has 74 valence electrons. The molecule has 0 aromatic rings. The summed E-state index contributed by atoms with van der Waals surface area (Å²) in [4.78, 5) is 0. The Labute approximate surface area is 75.4 Å². The lowest BCUT2D eigenvalue weighted by Gasteiger charge is -2.28. The predicted molar refractivity (Wildman–Crippen MR) is 50.1 cm³/mol. The number of likely N-dealkylation sites (N-methyl/N-ethyl adjacent to an activating group) is 1. The highest BCUT2D eigenvalue weighted by molar-refractivity contribution is 4.74. The van der Waals surface area contributed by atoms with Crippen LogP contribution in [0.1, 0.15) is 20.3 Å². The van der Waals surface area contributed by atoms with E-state index in [0.717, 1.165) is 6.42 Å². The molecule has 0 unspecified atom stereocenters. The molecule has 12 heavy (non-hydrogen) atoms. The zero-order valence-corrected chi connectivity index (χ0v) is 8.76. The van der Waals surface area contributed by atoms with Crippen LogP contribution in [-0.4, -0.2) is 33.6 Å². The van der Waals surface area contributed by atoms with Crippen LogP contribution in [0.2, 0.25) is 0 Å². The minimum Gasteiger partial charge on any atom is -0.354 e. The lowest BCUT2D eigenvalue weighted by atomic mass is 9.99. The summed E-state index contributed by atoms with van der Waals surface area (Å²) in [6, 6.07) is 0.269. The van der Waals surface area contributed by atoms with E-state index in [-0.39, 0.29) is 12.3 Å². The molecule has 0 fully saturated rings. The molecule has 1 N–H and O–H groups in total. The molecule has 0 spiro atoms. The molecule has 3 heteroatoms. The summed E-state index contributed by atoms with van der Waals surface area (Å²) in [5.74, 6) is 0.555. The average Bonchev–Trinajstić information content (AvgIpc) is 2.12. The van der Waals surface area contributed by atoms with Gasteiger partial charge >= 0.3 is 0 Å². The molecule has 3 nitrogen and oxygen atoms in total. The van der Waals surface area contributed by atoms with Gasteiger partial charge in [0.05, 0.1) is 6.04 Å². The van der Waals surface area contributed by atoms with E-state index in [0.29, 0.717) is 5.92 Å². The largest absolute Gasteiger partial charge is 0.354 e. The molecule has 0 saturated heterocycles. The summed E-state index contributed by atoms with van der Waals surface area (Å²) in [5.41, 5.74) is 0. The topological polar surface area (TPSA) is 30.5 Å². The molecule has 0 aliphatic carbocycles. The first kappa shape index (κ1) is 11.9. The zero-order valence-electron chi connectivity index (χ0n) is 8.76. The summed E-state index contributed by atoms with van der Waals surface area (Å²) < 4.78 is 10.4. The Bertz CT molecular complexity index is 105. The highest BCUT2D eigenvalue weighted by Gasteiger charge is 2.23. The van der Waals surface area contributed by atoms with Gasteiger partial charge in [-0.05, 0) is 13.0 Å². The summed E-state index contributed by atoms with van der Waals surface area (Å²) in [7, 11) is 5.27. The molecule has 0 amide bonds. The van der Waals surface area contributed by atoms with Crippen LogP contribution in [0, 0.1) is 5.92 Å². The van der Waals surface area contributed by atoms with Crippen LogP contribution in [0.5, 0.6) is 0 Å². The first-order chi connectivity index (χ1) is 5.71. The van der Waals surface area contributed by atoms with Gasteiger partial charge in [-0.1, -0.05) is 20.3 Å². The first-order valence-corrected chi connectivity index (χ1v) is 4.44. The van der Waals surface area contributed by atoms with E-state index in [9.17, 15) is 0 Å². The first-order valence-electron chi connectivity index (χ1n) is 4.44. The number of rotatable bonds is 6. The third-order valence-corrected chi connectivity index (χ3v) is 2.35. The smallest absolute Gasteiger partial charge is 0.172 e. The number of nitrogens with one attached hydrogen (secondary N) is 1. The molecule has 0 heterocycles. The maximum Gasteiger partial charge on any atom is 0.172 e. The van der Waals surface area contributed by atoms with Gasteiger partial charge in [-0.25, -0.2) is 0 Å². The van der Waals surface area contributed by atoms with Gasteiger partial charge in [-0.3, -0.25) is 0 Å². The Morgan fingerprint density at radius 1 is 1.25 bits per heavy atom. The predicted octanol–water partition coefficient (Wildman–Crippen LogP) is 1.24. The fraction of sp³-hybridized carbons (Fsp3) is 1.00. The minimum atomic E-state index is -0.148. The Hall–Kier alpha value is -0.120. The molecule has 0 rings (SSSR count). The second-order valence-corrected chi connectivity index (χ2v) is 3.04. The molecule has 0 bridgehead atoms. The van der Waals surface area contributed by atoms with Crippen molar-refractivity contribution in [2.75, 3.05) is 21.3 Å². The van der Waals surface area contributed by atoms with Crippen LogP contribution in [0.25, 0.3) is 0 Å². The second-order valence-electron chi connectivity index (χ2n) is 3.04. The van der Waals surface area contributed by atoms with E-state index < -0.39 is 0 Å². The highest BCUT2D eigenvalue weighted by Crippen LogP contribution is 2.13. The Morgan fingerprint density at radius 2 is 1.75 bits per heavy atom. The lowest BCUT2D eigenvalue weighted by Crippen LogP contribution is -2.44. The second kappa shape index (κ2) is 6.40. The van der Waals surface area contributed by atoms with E-state index >= 15 is 0 Å². The van der Waals surface area contributed by atoms with Gasteiger partial charge in [0.2, 0.25) is 0 Å². The summed E-state index contributed by atoms with van der Waals surface area (Å²) in [6.07, 6.45) is 0.972. The van der Waals surface area contributed by atoms with Crippen molar-refractivity contribution in [2.24, 2.45) is 5.92 Å². The molecule has 0 aliphatic heterocycles. The van der Waals surface area contributed by atoms with Crippen molar-refractivity contribution in [3.63, 3.8) is 0 Å². The zero-order chi connectivity index (χ0) is 9.56. The summed E-state index contributed by atoms with van der Waals surface area (Å²) >= 11 is 0. The van der Waals surface area contributed by atoms with Crippen molar-refractivity contribution >= 4 is 0 Å². The molecule has 0 saturated carbocycles. The van der Waals surface area contributed by atoms with Crippen LogP contribution in [0.15, 0.2) is 0 Å². The molecular weight excluding hydrogens is 154 g/mol. The third kappa shape index (κ3) is 3.09. The molecule has 0 aromatic carbocycles. The Kier molecular flexibility index (Phi) is 6.34. The van der Waals surface area contributed by atoms with Crippen LogP contribution in [0.3, 0.4) is 0 Å². The number of methoxy groups -OCH3 is 2. The fourth-order valence-electron chi connectivity index (χ4n) is 1.33. The van der Waals surface area contributed by atoms with Crippen molar-refractivity contribution in [1.29, 1.82) is 0 Å². The van der Waals surface area contributed by atoms with E-state index in [1.54, 1.807) is 14.2 Å². The summed E-state index contributed by atoms with van der Waals surface area (Å²) in [6.45, 7) is 4.35. The minimum absolute atomic E-state index is 0.148. The maximum atomic E-state index is 5.19. The van der Waals surface area contributed by atoms with Gasteiger partial charge in [0.15, 0.2) is 6.29 Å². The van der Waals surface area contributed by atoms with Gasteiger partial charge < -0.3 is 14.8 Å². The fourth-order valence-corrected chi connectivity index (χ4v) is 1.33. The van der Waals surface area contributed by atoms with Crippen LogP contribution in [0.4, 0.5) is 0 Å². The van der Waals surface area contributed by atoms with E-state index in [1.165, 1.54) is 0 Å². The van der Waals surface area contributed by atoms with Gasteiger partial charge in [0, 0.05) is 14.2 Å². The Balaban J connectivity index is 4.09. The molecular formula is C9H21NO2. The molecule has 0 aliphatic rings. The standard InChI is InChI=1S/C9H21NO2/c1-6-7(2)8(10-3)9(11-4)12-5/h7-10H,6H2,1-5H3/t7-,8-/m0/s1. The van der Waals surface area contributed by atoms with Crippen molar-refractivity contribution in [2.45, 2.75) is 32.6 Å². The maximum absolute atomic E-state index is 5.19. The van der Waals surface area contributed by atoms with Gasteiger partial charge in [-0.2, -0.15) is 0 Å². The van der Waals surface area contributed by atoms with Gasteiger partial charge in [-0.15, -0.1) is 0 Å². The van der Waals surface area contributed by atoms with E-state index in [2.05, 4.69) is 19.2 Å². The van der Waals surface area contributed by atoms with Crippen molar-refractivity contribution in [3.05, 3.63) is 0 Å². The summed E-state index contributed by atoms with van der Waals surface area (Å²) in [5, 5.41) is 3.20. The quantitative estimate of drug-likeness (QED) is 0.616. The average molecular weight is 175 g/mol. The third-order valence-electron chi connectivity index (χ3n) is 2.35. The molecule has 2 atom stereocenters. The van der Waals surface area contributed by atoms with Gasteiger partial charge in [0.1, 0.15) is 0 Å². The van der Waals surface area contributed by atoms with E-state index in [1.807, 2.05) is 7.05 Å². The van der Waals surface area contributed by atoms with Crippen molar-refractivity contribution in [3.8, 4) is 0 Å². The number of hydrogen-bond donors (Lipinski definition) is 1. The van der Waals surface area contributed by atoms with Crippen molar-refractivity contribution in [1.82, 2.24) is 5.32 Å². The van der Waals surface area contributed by atoms with Crippen LogP contribution >= 0.6 is 0 Å². The van der Waals surface area contributed by atoms with Crippen molar-refractivity contribution < 1.29 is 9.47 Å². The molecule has 0 aromatic heterocycles. The monoisotopic (exact) mass is 175 g/mol. The molecule has 0 radical (unpaired) electrons. The highest BCUT2D eigenvalue weighted by atomic mass is 16.7. The normalized spacial score (nSPS) is 16.5. The van der Waals surface area contributed by atoms with E-state index in [4.69, 9.17) is 9.47 Å². The van der Waals surface area contributed by atoms with Crippen LogP contribution < -0.4 is 5.32 Å². The SMILES string of the molecule is CC[C@H](C)[C@H](NC)C(OC)OC. The Morgan fingerprint density at radius 3 is 2.00 bits per heavy atom. The van der Waals surface area contributed by atoms with Gasteiger partial charge in [0.25, 0.3) is 0 Å². The van der Waals surface area contributed by atoms with Crippen LogP contribution in [-0.2, 0) is 9.47 Å². The lowest BCUT2D eigenvalue weighted by molar-refractivity contribution is -0.130. The number of hydrogen-bond acceptors (Lipinski definition) is 3.